The van der Waals surface area contributed by atoms with Gasteiger partial charge in [-0.1, -0.05) is 46.8 Å². The minimum atomic E-state index is -2.77. The highest BCUT2D eigenvalue weighted by atomic mass is 16.7. The van der Waals surface area contributed by atoms with Gasteiger partial charge in [-0.25, -0.2) is 15.9 Å². The minimum Gasteiger partial charge on any atom is -0.458 e. The first-order valence-corrected chi connectivity index (χ1v) is 24.6. The molecule has 0 saturated carbocycles. The van der Waals surface area contributed by atoms with Crippen molar-refractivity contribution in [3.63, 3.8) is 0 Å². The van der Waals surface area contributed by atoms with Gasteiger partial charge in [0.15, 0.2) is 17.4 Å². The van der Waals surface area contributed by atoms with Crippen LogP contribution >= 0.6 is 0 Å². The van der Waals surface area contributed by atoms with Gasteiger partial charge in [-0.15, -0.1) is 0 Å². The fraction of sp³-hybridized carbons (Fsp3) is 0.771. The number of fused-ring (bicyclic) bond motifs is 2. The molecule has 0 spiro atoms. The molecule has 0 aromatic carbocycles. The SMILES string of the molecule is C/C=C(\C)C(=O)C(C)/C=C(\C)[C@H]1O[C@@](O)([C@](O)(CC)C(=O)N[C@@H]2C(=O)N3NCCC[C@H]3C(=O)N(O)[C@@H](COC)C(=O)N(C)[C@H](C)C(=O)N3NCCC[C@H]3CN[C@H]([C@H](C)O)C(=O)O[C@H]2C(C)C)CC[C@@H]1C. The van der Waals surface area contributed by atoms with Crippen LogP contribution in [0.25, 0.3) is 0 Å². The van der Waals surface area contributed by atoms with Crippen LogP contribution in [-0.4, -0.2) is 188 Å². The van der Waals surface area contributed by atoms with E-state index in [0.29, 0.717) is 37.0 Å². The smallest absolute Gasteiger partial charge is 0.326 e. The molecule has 396 valence electrons. The highest BCUT2D eigenvalue weighted by Crippen LogP contribution is 2.42. The Balaban J connectivity index is 1.85. The van der Waals surface area contributed by atoms with Crippen molar-refractivity contribution < 1.29 is 68.3 Å². The first-order valence-electron chi connectivity index (χ1n) is 24.6. The van der Waals surface area contributed by atoms with Crippen LogP contribution < -0.4 is 21.5 Å². The Kier molecular flexibility index (Phi) is 20.6. The first kappa shape index (κ1) is 58.2. The Morgan fingerprint density at radius 1 is 0.971 bits per heavy atom. The van der Waals surface area contributed by atoms with Crippen molar-refractivity contribution in [2.24, 2.45) is 17.8 Å². The molecular weight excluding hydrogens is 913 g/mol. The lowest BCUT2D eigenvalue weighted by Gasteiger charge is -2.49. The summed E-state index contributed by atoms with van der Waals surface area (Å²) in [5.41, 5.74) is 4.30. The van der Waals surface area contributed by atoms with Crippen LogP contribution in [0.3, 0.4) is 0 Å². The summed E-state index contributed by atoms with van der Waals surface area (Å²) in [6, 6.07) is -8.37. The number of hydrogen-bond donors (Lipinski definition) is 8. The van der Waals surface area contributed by atoms with Crippen LogP contribution in [0.15, 0.2) is 23.3 Å². The Labute approximate surface area is 411 Å². The van der Waals surface area contributed by atoms with Crippen LogP contribution in [-0.2, 0) is 47.8 Å². The molecule has 4 fully saturated rings. The maximum atomic E-state index is 15.3. The molecule has 0 aromatic heterocycles. The van der Waals surface area contributed by atoms with Gasteiger partial charge in [0.1, 0.15) is 30.3 Å². The highest BCUT2D eigenvalue weighted by molar-refractivity contribution is 5.98. The van der Waals surface area contributed by atoms with Crippen molar-refractivity contribution in [3.8, 4) is 0 Å². The van der Waals surface area contributed by atoms with Crippen molar-refractivity contribution in [1.82, 2.24) is 41.5 Å². The number of nitrogens with one attached hydrogen (secondary N) is 4. The lowest BCUT2D eigenvalue weighted by atomic mass is 9.78. The van der Waals surface area contributed by atoms with Crippen LogP contribution in [0.2, 0.25) is 0 Å². The third-order valence-electron chi connectivity index (χ3n) is 14.4. The molecule has 70 heavy (non-hydrogen) atoms. The van der Waals surface area contributed by atoms with Crippen LogP contribution in [0.1, 0.15) is 114 Å². The second kappa shape index (κ2) is 24.8. The molecule has 4 rings (SSSR count). The zero-order valence-electron chi connectivity index (χ0n) is 43.0. The number of ether oxygens (including phenoxy) is 3. The van der Waals surface area contributed by atoms with E-state index in [9.17, 15) is 49.3 Å². The Bertz CT molecular complexity index is 1970. The summed E-state index contributed by atoms with van der Waals surface area (Å²) in [6.45, 7) is 16.2. The van der Waals surface area contributed by atoms with Crippen LogP contribution in [0, 0.1) is 17.8 Å². The normalized spacial score (nSPS) is 32.8. The van der Waals surface area contributed by atoms with Crippen molar-refractivity contribution >= 4 is 41.3 Å². The molecular formula is C48H80N8O14. The third kappa shape index (κ3) is 12.6. The van der Waals surface area contributed by atoms with Gasteiger partial charge in [-0.05, 0) is 96.1 Å². The maximum Gasteiger partial charge on any atom is 0.326 e. The zero-order valence-corrected chi connectivity index (χ0v) is 43.0. The number of likely N-dealkylation sites (N-methyl/N-ethyl adjacent to an activating group) is 1. The fourth-order valence-electron chi connectivity index (χ4n) is 9.64. The molecule has 0 radical (unpaired) electrons. The molecule has 13 atom stereocenters. The molecule has 22 nitrogen and oxygen atoms in total. The Morgan fingerprint density at radius 3 is 2.19 bits per heavy atom. The molecule has 4 aliphatic rings. The molecule has 0 bridgehead atoms. The van der Waals surface area contributed by atoms with E-state index in [1.54, 1.807) is 53.7 Å². The molecule has 4 heterocycles. The van der Waals surface area contributed by atoms with Gasteiger partial charge >= 0.3 is 5.97 Å². The number of Topliss-reactive ketones (excluding diaryl/α,β-unsaturated/α-hetero) is 1. The van der Waals surface area contributed by atoms with Gasteiger partial charge in [-0.3, -0.25) is 48.8 Å². The van der Waals surface area contributed by atoms with E-state index in [1.807, 2.05) is 6.92 Å². The van der Waals surface area contributed by atoms with E-state index in [2.05, 4.69) is 21.5 Å². The summed E-state index contributed by atoms with van der Waals surface area (Å²) in [6.07, 6.45) is 0.479. The predicted molar refractivity (Wildman–Crippen MR) is 253 cm³/mol. The molecule has 8 N–H and O–H groups in total. The summed E-state index contributed by atoms with van der Waals surface area (Å²) in [7, 11) is 2.59. The molecule has 4 aliphatic heterocycles. The van der Waals surface area contributed by atoms with Crippen molar-refractivity contribution in [2.75, 3.05) is 40.4 Å². The van der Waals surface area contributed by atoms with Gasteiger partial charge in [0.05, 0.1) is 24.9 Å². The summed E-state index contributed by atoms with van der Waals surface area (Å²) >= 11 is 0. The number of nitrogens with zero attached hydrogens (tertiary/aromatic N) is 4. The van der Waals surface area contributed by atoms with E-state index in [4.69, 9.17) is 14.2 Å². The number of aliphatic hydroxyl groups excluding tert-OH is 1. The fourth-order valence-corrected chi connectivity index (χ4v) is 9.64. The van der Waals surface area contributed by atoms with Crippen molar-refractivity contribution in [1.29, 1.82) is 0 Å². The minimum absolute atomic E-state index is 0.0507. The zero-order chi connectivity index (χ0) is 52.6. The quantitative estimate of drug-likeness (QED) is 0.0562. The number of methoxy groups -OCH3 is 1. The number of carbonyl (C=O) groups excluding carboxylic acids is 7. The number of hydrazine groups is 2. The van der Waals surface area contributed by atoms with Gasteiger partial charge in [0.25, 0.3) is 29.5 Å². The monoisotopic (exact) mass is 993 g/mol. The lowest BCUT2D eigenvalue weighted by molar-refractivity contribution is -0.325. The largest absolute Gasteiger partial charge is 0.458 e. The number of aliphatic hydroxyl groups is 3. The number of hydroxylamine groups is 2. The van der Waals surface area contributed by atoms with Crippen molar-refractivity contribution in [3.05, 3.63) is 23.3 Å². The standard InChI is InChI=1S/C48H80N8O14/c1-13-27(5)38(58)29(7)23-30(8)40-28(6)19-20-48(66,70-40)47(65,14-2)46(64)52-37-39(26(3)4)69-45(63)36(32(10)57)49-24-33-17-15-21-50-54(33)41(59)31(9)53(11)42(60)35(25-68-12)56(67)43(61)34-18-16-22-51-55(34)44(37)62/h13,23,26,28-29,31-37,39-40,49-51,57,65-67H,14-22,24-25H2,1-12H3,(H,52,64)/b27-13+,30-23+/t28-,29?,31+,32-,33-,34-,35-,36+,37-,39-,40-,47-,48+/m0/s1. The third-order valence-corrected chi connectivity index (χ3v) is 14.4. The average molecular weight is 993 g/mol. The molecule has 0 aliphatic carbocycles. The topological polar surface area (TPSA) is 289 Å². The predicted octanol–water partition coefficient (Wildman–Crippen LogP) is 0.225. The summed E-state index contributed by atoms with van der Waals surface area (Å²) in [4.78, 5) is 101. The summed E-state index contributed by atoms with van der Waals surface area (Å²) in [5, 5.41) is 55.5. The lowest BCUT2D eigenvalue weighted by Crippen LogP contribution is -2.71. The average Bonchev–Trinajstić information content (AvgIpc) is 3.34. The number of esters is 1. The number of allylic oxidation sites excluding steroid dienone is 3. The second-order valence-corrected chi connectivity index (χ2v) is 19.8. The molecule has 22 heteroatoms. The van der Waals surface area contributed by atoms with Crippen molar-refractivity contribution in [2.45, 2.75) is 180 Å². The number of hydrogen-bond acceptors (Lipinski definition) is 17. The summed E-state index contributed by atoms with van der Waals surface area (Å²) < 4.78 is 17.7. The van der Waals surface area contributed by atoms with Gasteiger partial charge < -0.3 is 45.1 Å². The van der Waals surface area contributed by atoms with Gasteiger partial charge in [0.2, 0.25) is 5.79 Å². The van der Waals surface area contributed by atoms with Crippen LogP contribution in [0.5, 0.6) is 0 Å². The number of carbonyl (C=O) groups is 7. The number of rotatable bonds is 12. The Morgan fingerprint density at radius 2 is 1.60 bits per heavy atom. The van der Waals surface area contributed by atoms with Gasteiger partial charge in [-0.2, -0.15) is 0 Å². The van der Waals surface area contributed by atoms with Gasteiger partial charge in [0, 0.05) is 46.1 Å². The number of cyclic esters (lactones) is 1. The highest BCUT2D eigenvalue weighted by Gasteiger charge is 2.59. The molecule has 1 unspecified atom stereocenters. The van der Waals surface area contributed by atoms with E-state index in [-0.39, 0.29) is 49.1 Å². The Hall–Kier alpha value is -4.39. The van der Waals surface area contributed by atoms with Crippen LogP contribution in [0.4, 0.5) is 0 Å². The number of ketones is 1. The molecule has 5 amide bonds. The van der Waals surface area contributed by atoms with E-state index >= 15 is 4.79 Å². The second-order valence-electron chi connectivity index (χ2n) is 19.8. The van der Waals surface area contributed by atoms with E-state index in [1.165, 1.54) is 39.9 Å². The van der Waals surface area contributed by atoms with E-state index < -0.39 is 126 Å². The maximum absolute atomic E-state index is 15.3. The molecule has 0 aromatic rings. The first-order chi connectivity index (χ1) is 32.8. The van der Waals surface area contributed by atoms with E-state index in [0.717, 1.165) is 9.91 Å². The summed E-state index contributed by atoms with van der Waals surface area (Å²) in [5.74, 6) is -10.2. The number of amides is 5. The molecule has 4 saturated heterocycles.